The maximum Gasteiger partial charge on any atom is 0.0936 e. The number of rotatable bonds is 11. The van der Waals surface area contributed by atoms with E-state index in [0.717, 1.165) is 56.7 Å². The van der Waals surface area contributed by atoms with Crippen LogP contribution >= 0.6 is 0 Å². The van der Waals surface area contributed by atoms with Crippen molar-refractivity contribution in [3.05, 3.63) is 0 Å². The summed E-state index contributed by atoms with van der Waals surface area (Å²) in [6.07, 6.45) is 8.40. The molecule has 0 spiro atoms. The highest BCUT2D eigenvalue weighted by molar-refractivity contribution is 4.96. The molecule has 0 amide bonds. The number of epoxide rings is 3. The SMILES string of the molecule is CC(C)C1CC(N(CC2CO2)CC2CO2)CCC1N(CC1CC1)CC1CO1. The van der Waals surface area contributed by atoms with Crippen LogP contribution in [-0.4, -0.2) is 86.2 Å². The van der Waals surface area contributed by atoms with Gasteiger partial charge in [-0.15, -0.1) is 0 Å². The number of nitrogens with zero attached hydrogens (tertiary/aromatic N) is 2. The minimum atomic E-state index is 0.484. The van der Waals surface area contributed by atoms with Gasteiger partial charge in [0, 0.05) is 38.3 Å². The summed E-state index contributed by atoms with van der Waals surface area (Å²) in [6, 6.07) is 1.46. The van der Waals surface area contributed by atoms with Gasteiger partial charge >= 0.3 is 0 Å². The Hall–Kier alpha value is -0.200. The number of hydrogen-bond acceptors (Lipinski definition) is 5. The lowest BCUT2D eigenvalue weighted by molar-refractivity contribution is 0.0222. The smallest absolute Gasteiger partial charge is 0.0936 e. The van der Waals surface area contributed by atoms with Gasteiger partial charge in [0.05, 0.1) is 38.1 Å². The fourth-order valence-corrected chi connectivity index (χ4v) is 5.32. The van der Waals surface area contributed by atoms with Crippen molar-refractivity contribution in [2.24, 2.45) is 17.8 Å². The molecule has 2 aliphatic carbocycles. The third kappa shape index (κ3) is 5.24. The second-order valence-electron chi connectivity index (χ2n) is 10.2. The van der Waals surface area contributed by atoms with Gasteiger partial charge in [-0.25, -0.2) is 0 Å². The van der Waals surface area contributed by atoms with Crippen molar-refractivity contribution < 1.29 is 14.2 Å². The Kier molecular flexibility index (Phi) is 5.51. The topological polar surface area (TPSA) is 44.1 Å². The molecule has 5 fully saturated rings. The minimum absolute atomic E-state index is 0.484. The summed E-state index contributed by atoms with van der Waals surface area (Å²) in [4.78, 5) is 5.56. The molecule has 5 rings (SSSR count). The summed E-state index contributed by atoms with van der Waals surface area (Å²) >= 11 is 0. The van der Waals surface area contributed by atoms with E-state index in [0.29, 0.717) is 24.4 Å². The molecule has 3 heterocycles. The lowest BCUT2D eigenvalue weighted by Gasteiger charge is -2.47. The minimum Gasteiger partial charge on any atom is -0.372 e. The Morgan fingerprint density at radius 2 is 1.30 bits per heavy atom. The predicted molar refractivity (Wildman–Crippen MR) is 105 cm³/mol. The summed E-state index contributed by atoms with van der Waals surface area (Å²) < 4.78 is 16.7. The van der Waals surface area contributed by atoms with E-state index in [1.807, 2.05) is 0 Å². The standard InChI is InChI=1S/C22H38N2O3/c1-15(2)21-7-17(23(9-18-12-25-18)10-19-13-26-19)5-6-22(21)24(8-16-3-4-16)11-20-14-27-20/h15-22H,3-14H2,1-2H3. The van der Waals surface area contributed by atoms with E-state index >= 15 is 0 Å². The highest BCUT2D eigenvalue weighted by Gasteiger charge is 2.43. The van der Waals surface area contributed by atoms with Crippen LogP contribution in [0.3, 0.4) is 0 Å². The monoisotopic (exact) mass is 378 g/mol. The molecule has 0 aromatic heterocycles. The fourth-order valence-electron chi connectivity index (χ4n) is 5.32. The molecule has 3 aliphatic heterocycles. The van der Waals surface area contributed by atoms with Gasteiger partial charge in [-0.1, -0.05) is 13.8 Å². The van der Waals surface area contributed by atoms with E-state index in [1.165, 1.54) is 45.2 Å². The molecular weight excluding hydrogens is 340 g/mol. The van der Waals surface area contributed by atoms with Gasteiger partial charge in [0.2, 0.25) is 0 Å². The van der Waals surface area contributed by atoms with Crippen molar-refractivity contribution in [1.82, 2.24) is 9.80 Å². The van der Waals surface area contributed by atoms with Gasteiger partial charge in [0.25, 0.3) is 0 Å². The second-order valence-corrected chi connectivity index (χ2v) is 10.2. The Balaban J connectivity index is 1.25. The summed E-state index contributed by atoms with van der Waals surface area (Å²) in [5, 5.41) is 0. The summed E-state index contributed by atoms with van der Waals surface area (Å²) in [5.41, 5.74) is 0. The molecule has 154 valence electrons. The van der Waals surface area contributed by atoms with E-state index in [4.69, 9.17) is 14.2 Å². The normalized spacial score (nSPS) is 40.8. The van der Waals surface area contributed by atoms with Crippen LogP contribution in [0, 0.1) is 17.8 Å². The zero-order valence-electron chi connectivity index (χ0n) is 17.2. The first-order valence-corrected chi connectivity index (χ1v) is 11.5. The molecule has 27 heavy (non-hydrogen) atoms. The second kappa shape index (κ2) is 7.91. The fraction of sp³-hybridized carbons (Fsp3) is 1.00. The van der Waals surface area contributed by atoms with Crippen molar-refractivity contribution in [1.29, 1.82) is 0 Å². The quantitative estimate of drug-likeness (QED) is 0.517. The molecule has 5 heteroatoms. The first-order chi connectivity index (χ1) is 13.2. The molecule has 5 aliphatic rings. The Labute approximate surface area is 164 Å². The average molecular weight is 379 g/mol. The molecule has 0 radical (unpaired) electrons. The third-order valence-corrected chi connectivity index (χ3v) is 7.39. The molecule has 0 N–H and O–H groups in total. The van der Waals surface area contributed by atoms with E-state index < -0.39 is 0 Å². The molecule has 2 saturated carbocycles. The van der Waals surface area contributed by atoms with E-state index in [1.54, 1.807) is 0 Å². The van der Waals surface area contributed by atoms with Gasteiger partial charge < -0.3 is 14.2 Å². The van der Waals surface area contributed by atoms with E-state index in [9.17, 15) is 0 Å². The Bertz CT molecular complexity index is 472. The number of hydrogen-bond donors (Lipinski definition) is 0. The molecular formula is C22H38N2O3. The lowest BCUT2D eigenvalue weighted by Crippen LogP contribution is -2.52. The predicted octanol–water partition coefficient (Wildman–Crippen LogP) is 2.39. The van der Waals surface area contributed by atoms with Gasteiger partial charge in [0.15, 0.2) is 0 Å². The van der Waals surface area contributed by atoms with E-state index in [2.05, 4.69) is 23.6 Å². The number of ether oxygens (including phenoxy) is 3. The van der Waals surface area contributed by atoms with Gasteiger partial charge in [-0.05, 0) is 49.9 Å². The van der Waals surface area contributed by atoms with Crippen LogP contribution in [0.25, 0.3) is 0 Å². The van der Waals surface area contributed by atoms with Crippen LogP contribution < -0.4 is 0 Å². The van der Waals surface area contributed by atoms with Gasteiger partial charge in [-0.2, -0.15) is 0 Å². The summed E-state index contributed by atoms with van der Waals surface area (Å²) in [5.74, 6) is 2.50. The third-order valence-electron chi connectivity index (χ3n) is 7.39. The molecule has 5 nitrogen and oxygen atoms in total. The van der Waals surface area contributed by atoms with Crippen LogP contribution in [0.1, 0.15) is 46.0 Å². The van der Waals surface area contributed by atoms with Crippen molar-refractivity contribution in [3.63, 3.8) is 0 Å². The maximum absolute atomic E-state index is 5.61. The van der Waals surface area contributed by atoms with Crippen molar-refractivity contribution >= 4 is 0 Å². The van der Waals surface area contributed by atoms with Gasteiger partial charge in [0.1, 0.15) is 0 Å². The molecule has 0 aromatic carbocycles. The molecule has 0 bridgehead atoms. The molecule has 0 aromatic rings. The molecule has 6 unspecified atom stereocenters. The van der Waals surface area contributed by atoms with Crippen LogP contribution in [0.15, 0.2) is 0 Å². The zero-order chi connectivity index (χ0) is 18.4. The molecule has 3 saturated heterocycles. The van der Waals surface area contributed by atoms with E-state index in [-0.39, 0.29) is 0 Å². The van der Waals surface area contributed by atoms with Crippen molar-refractivity contribution in [3.8, 4) is 0 Å². The first kappa shape index (κ1) is 18.8. The lowest BCUT2D eigenvalue weighted by atomic mass is 9.74. The average Bonchev–Trinajstić information content (AvgIpc) is 3.48. The van der Waals surface area contributed by atoms with Crippen LogP contribution in [-0.2, 0) is 14.2 Å². The highest BCUT2D eigenvalue weighted by Crippen LogP contribution is 2.39. The largest absolute Gasteiger partial charge is 0.372 e. The summed E-state index contributed by atoms with van der Waals surface area (Å²) in [7, 11) is 0. The van der Waals surface area contributed by atoms with Crippen LogP contribution in [0.4, 0.5) is 0 Å². The summed E-state index contributed by atoms with van der Waals surface area (Å²) in [6.45, 7) is 12.5. The van der Waals surface area contributed by atoms with Crippen LogP contribution in [0.2, 0.25) is 0 Å². The maximum atomic E-state index is 5.61. The first-order valence-electron chi connectivity index (χ1n) is 11.5. The Morgan fingerprint density at radius 3 is 1.78 bits per heavy atom. The highest BCUT2D eigenvalue weighted by atomic mass is 16.6. The van der Waals surface area contributed by atoms with Crippen LogP contribution in [0.5, 0.6) is 0 Å². The molecule has 6 atom stereocenters. The van der Waals surface area contributed by atoms with Crippen molar-refractivity contribution in [2.75, 3.05) is 46.0 Å². The van der Waals surface area contributed by atoms with Gasteiger partial charge in [-0.3, -0.25) is 9.80 Å². The Morgan fingerprint density at radius 1 is 0.741 bits per heavy atom. The zero-order valence-corrected chi connectivity index (χ0v) is 17.2. The van der Waals surface area contributed by atoms with Crippen molar-refractivity contribution in [2.45, 2.75) is 76.3 Å².